The lowest BCUT2D eigenvalue weighted by Crippen LogP contribution is -2.44. The Hall–Kier alpha value is -3.92. The Labute approximate surface area is 222 Å². The van der Waals surface area contributed by atoms with Crippen LogP contribution in [0.4, 0.5) is 19.0 Å². The van der Waals surface area contributed by atoms with Crippen molar-refractivity contribution >= 4 is 39.4 Å². The number of benzene rings is 2. The summed E-state index contributed by atoms with van der Waals surface area (Å²) in [6.07, 6.45) is 0.674. The first-order valence-electron chi connectivity index (χ1n) is 13.2. The first-order valence-corrected chi connectivity index (χ1v) is 13.2. The van der Waals surface area contributed by atoms with Crippen LogP contribution < -0.4 is 10.6 Å². The van der Waals surface area contributed by atoms with E-state index in [9.17, 15) is 22.8 Å². The highest BCUT2D eigenvalue weighted by Gasteiger charge is 2.31. The van der Waals surface area contributed by atoms with E-state index < -0.39 is 11.7 Å². The summed E-state index contributed by atoms with van der Waals surface area (Å²) in [7, 11) is 0. The third-order valence-corrected chi connectivity index (χ3v) is 7.58. The Balaban J connectivity index is 1.08. The van der Waals surface area contributed by atoms with Gasteiger partial charge in [0.2, 0.25) is 5.91 Å². The number of likely N-dealkylation sites (tertiary alicyclic amines) is 1. The molecule has 0 spiro atoms. The standard InChI is InChI=1S/C29H28F3N5O2/c30-29(31,32)20-6-1-17(2-7-20)16-37-13-10-21(11-14-37)34-28(39)19-5-8-22-23-9-12-33-26(25(23)35-24(22)15-19)36-27(38)18-3-4-18/h1-2,5-9,12,15,18,21,35H,3-4,10-11,13-14,16H2,(H,34,39)(H,33,36,38). The van der Waals surface area contributed by atoms with Gasteiger partial charge >= 0.3 is 6.18 Å². The van der Waals surface area contributed by atoms with Crippen LogP contribution in [0, 0.1) is 5.92 Å². The van der Waals surface area contributed by atoms with Crippen molar-refractivity contribution in [2.24, 2.45) is 5.92 Å². The molecule has 1 aliphatic carbocycles. The van der Waals surface area contributed by atoms with Crippen LogP contribution in [0.3, 0.4) is 0 Å². The number of nitrogens with zero attached hydrogens (tertiary/aromatic N) is 2. The average Bonchev–Trinajstić information content (AvgIpc) is 3.70. The normalized spacial score (nSPS) is 17.0. The number of rotatable bonds is 6. The second kappa shape index (κ2) is 10.00. The third-order valence-electron chi connectivity index (χ3n) is 7.58. The number of alkyl halides is 3. The summed E-state index contributed by atoms with van der Waals surface area (Å²) < 4.78 is 38.4. The van der Waals surface area contributed by atoms with Gasteiger partial charge in [-0.3, -0.25) is 14.5 Å². The molecule has 4 aromatic rings. The first-order chi connectivity index (χ1) is 18.7. The molecule has 0 unspecified atom stereocenters. The Bertz CT molecular complexity index is 1530. The van der Waals surface area contributed by atoms with Crippen molar-refractivity contribution in [3.05, 3.63) is 71.4 Å². The molecule has 6 rings (SSSR count). The monoisotopic (exact) mass is 535 g/mol. The molecule has 2 aromatic heterocycles. The van der Waals surface area contributed by atoms with Gasteiger partial charge in [0.15, 0.2) is 5.82 Å². The van der Waals surface area contributed by atoms with Gasteiger partial charge < -0.3 is 15.6 Å². The molecule has 2 fully saturated rings. The number of aromatic amines is 1. The maximum Gasteiger partial charge on any atom is 0.416 e. The average molecular weight is 536 g/mol. The number of hydrogen-bond donors (Lipinski definition) is 3. The Morgan fingerprint density at radius 3 is 2.41 bits per heavy atom. The Kier molecular flexibility index (Phi) is 6.50. The van der Waals surface area contributed by atoms with Gasteiger partial charge in [-0.25, -0.2) is 4.98 Å². The predicted octanol–water partition coefficient (Wildman–Crippen LogP) is 5.48. The van der Waals surface area contributed by atoms with Crippen LogP contribution in [0.5, 0.6) is 0 Å². The van der Waals surface area contributed by atoms with E-state index in [0.29, 0.717) is 17.9 Å². The second-order valence-electron chi connectivity index (χ2n) is 10.4. The number of piperidine rings is 1. The minimum atomic E-state index is -4.33. The highest BCUT2D eigenvalue weighted by atomic mass is 19.4. The summed E-state index contributed by atoms with van der Waals surface area (Å²) in [5.41, 5.74) is 2.26. The maximum absolute atomic E-state index is 13.1. The molecule has 1 saturated heterocycles. The number of carbonyl (C=O) groups excluding carboxylic acids is 2. The van der Waals surface area contributed by atoms with Gasteiger partial charge in [-0.05, 0) is 61.6 Å². The van der Waals surface area contributed by atoms with Crippen LogP contribution >= 0.6 is 0 Å². The van der Waals surface area contributed by atoms with Crippen LogP contribution in [0.1, 0.15) is 47.2 Å². The summed E-state index contributed by atoms with van der Waals surface area (Å²) in [6.45, 7) is 2.07. The lowest BCUT2D eigenvalue weighted by molar-refractivity contribution is -0.137. The zero-order chi connectivity index (χ0) is 27.1. The van der Waals surface area contributed by atoms with Gasteiger partial charge in [0.05, 0.1) is 11.1 Å². The summed E-state index contributed by atoms with van der Waals surface area (Å²) in [5.74, 6) is 0.393. The number of fused-ring (bicyclic) bond motifs is 3. The van der Waals surface area contributed by atoms with Crippen LogP contribution in [0.25, 0.3) is 21.8 Å². The summed E-state index contributed by atoms with van der Waals surface area (Å²) in [4.78, 5) is 35.2. The number of nitrogens with one attached hydrogen (secondary N) is 3. The quantitative estimate of drug-likeness (QED) is 0.305. The molecule has 2 aliphatic rings. The van der Waals surface area contributed by atoms with Crippen LogP contribution in [0.2, 0.25) is 0 Å². The molecule has 1 saturated carbocycles. The number of anilines is 1. The Morgan fingerprint density at radius 2 is 1.72 bits per heavy atom. The fourth-order valence-corrected chi connectivity index (χ4v) is 5.19. The van der Waals surface area contributed by atoms with E-state index in [-0.39, 0.29) is 23.8 Å². The second-order valence-corrected chi connectivity index (χ2v) is 10.4. The molecule has 2 aromatic carbocycles. The number of pyridine rings is 1. The highest BCUT2D eigenvalue weighted by molar-refractivity contribution is 6.13. The molecular weight excluding hydrogens is 507 g/mol. The molecule has 2 amide bonds. The van der Waals surface area contributed by atoms with E-state index in [1.165, 1.54) is 12.1 Å². The van der Waals surface area contributed by atoms with Gasteiger partial charge in [-0.2, -0.15) is 13.2 Å². The molecular formula is C29H28F3N5O2. The van der Waals surface area contributed by atoms with Crippen LogP contribution in [-0.2, 0) is 17.5 Å². The van der Waals surface area contributed by atoms with E-state index in [1.807, 2.05) is 18.2 Å². The van der Waals surface area contributed by atoms with Gasteiger partial charge in [0, 0.05) is 59.6 Å². The lowest BCUT2D eigenvalue weighted by atomic mass is 10.0. The van der Waals surface area contributed by atoms with Crippen molar-refractivity contribution in [1.82, 2.24) is 20.2 Å². The zero-order valence-electron chi connectivity index (χ0n) is 21.1. The lowest BCUT2D eigenvalue weighted by Gasteiger charge is -2.32. The number of aromatic nitrogens is 2. The van der Waals surface area contributed by atoms with E-state index >= 15 is 0 Å². The first kappa shape index (κ1) is 25.4. The van der Waals surface area contributed by atoms with E-state index in [0.717, 1.165) is 78.3 Å². The van der Waals surface area contributed by atoms with Gasteiger partial charge in [0.1, 0.15) is 0 Å². The van der Waals surface area contributed by atoms with E-state index in [1.54, 1.807) is 12.3 Å². The number of carbonyl (C=O) groups is 2. The van der Waals surface area contributed by atoms with Crippen molar-refractivity contribution < 1.29 is 22.8 Å². The van der Waals surface area contributed by atoms with Crippen molar-refractivity contribution in [1.29, 1.82) is 0 Å². The predicted molar refractivity (Wildman–Crippen MR) is 142 cm³/mol. The number of H-pyrrole nitrogens is 1. The molecule has 10 heteroatoms. The Morgan fingerprint density at radius 1 is 0.974 bits per heavy atom. The molecule has 0 radical (unpaired) electrons. The molecule has 3 heterocycles. The van der Waals surface area contributed by atoms with Crippen molar-refractivity contribution in [3.8, 4) is 0 Å². The number of hydrogen-bond acceptors (Lipinski definition) is 4. The van der Waals surface area contributed by atoms with E-state index in [4.69, 9.17) is 0 Å². The zero-order valence-corrected chi connectivity index (χ0v) is 21.1. The van der Waals surface area contributed by atoms with Crippen LogP contribution in [0.15, 0.2) is 54.7 Å². The highest BCUT2D eigenvalue weighted by Crippen LogP contribution is 2.33. The summed E-state index contributed by atoms with van der Waals surface area (Å²) in [6, 6.07) is 12.7. The van der Waals surface area contributed by atoms with Gasteiger partial charge in [-0.1, -0.05) is 18.2 Å². The van der Waals surface area contributed by atoms with Gasteiger partial charge in [0.25, 0.3) is 5.91 Å². The fraction of sp³-hybridized carbons (Fsp3) is 0.345. The SMILES string of the molecule is O=C(NC1CCN(Cc2ccc(C(F)(F)F)cc2)CC1)c1ccc2c(c1)[nH]c1c(NC(=O)C3CC3)nccc12. The molecule has 202 valence electrons. The minimum absolute atomic E-state index is 0.0147. The molecule has 0 bridgehead atoms. The maximum atomic E-state index is 13.1. The van der Waals surface area contributed by atoms with Crippen molar-refractivity contribution in [2.45, 2.75) is 44.4 Å². The molecule has 0 atom stereocenters. The number of halogens is 3. The van der Waals surface area contributed by atoms with Crippen LogP contribution in [-0.4, -0.2) is 45.8 Å². The smallest absolute Gasteiger partial charge is 0.351 e. The number of amides is 2. The fourth-order valence-electron chi connectivity index (χ4n) is 5.19. The molecule has 7 nitrogen and oxygen atoms in total. The molecule has 1 aliphatic heterocycles. The minimum Gasteiger partial charge on any atom is -0.351 e. The van der Waals surface area contributed by atoms with Gasteiger partial charge in [-0.15, -0.1) is 0 Å². The molecule has 3 N–H and O–H groups in total. The van der Waals surface area contributed by atoms with Crippen molar-refractivity contribution in [2.75, 3.05) is 18.4 Å². The summed E-state index contributed by atoms with van der Waals surface area (Å²) in [5, 5.41) is 7.92. The van der Waals surface area contributed by atoms with E-state index in [2.05, 4.69) is 25.5 Å². The summed E-state index contributed by atoms with van der Waals surface area (Å²) >= 11 is 0. The molecule has 39 heavy (non-hydrogen) atoms. The topological polar surface area (TPSA) is 90.1 Å². The third kappa shape index (κ3) is 5.47. The largest absolute Gasteiger partial charge is 0.416 e. The van der Waals surface area contributed by atoms with Crippen molar-refractivity contribution in [3.63, 3.8) is 0 Å².